The van der Waals surface area contributed by atoms with Gasteiger partial charge in [-0.3, -0.25) is 4.79 Å². The Morgan fingerprint density at radius 2 is 1.96 bits per heavy atom. The Labute approximate surface area is 138 Å². The van der Waals surface area contributed by atoms with Gasteiger partial charge in [0.15, 0.2) is 5.76 Å². The second-order valence-electron chi connectivity index (χ2n) is 5.15. The maximum Gasteiger partial charge on any atom is 0.287 e. The summed E-state index contributed by atoms with van der Waals surface area (Å²) in [7, 11) is 0. The quantitative estimate of drug-likeness (QED) is 0.703. The average Bonchev–Trinajstić information content (AvgIpc) is 3.03. The number of fused-ring (bicyclic) bond motifs is 1. The largest absolute Gasteiger partial charge is 0.451 e. The third-order valence-electron chi connectivity index (χ3n) is 3.61. The summed E-state index contributed by atoms with van der Waals surface area (Å²) >= 11 is 1.64. The second kappa shape index (κ2) is 6.89. The monoisotopic (exact) mass is 327 g/mol. The van der Waals surface area contributed by atoms with Crippen LogP contribution < -0.4 is 5.32 Å². The number of carbonyl (C=O) groups excluding carboxylic acids is 1. The number of rotatable bonds is 5. The van der Waals surface area contributed by atoms with Gasteiger partial charge in [-0.15, -0.1) is 11.8 Å². The van der Waals surface area contributed by atoms with Gasteiger partial charge in [0, 0.05) is 16.8 Å². The van der Waals surface area contributed by atoms with Crippen LogP contribution >= 0.6 is 11.8 Å². The van der Waals surface area contributed by atoms with E-state index in [1.54, 1.807) is 17.8 Å². The first kappa shape index (κ1) is 15.6. The van der Waals surface area contributed by atoms with Crippen molar-refractivity contribution < 1.29 is 14.3 Å². The van der Waals surface area contributed by atoms with Gasteiger partial charge in [0.2, 0.25) is 0 Å². The average molecular weight is 327 g/mol. The van der Waals surface area contributed by atoms with E-state index in [9.17, 15) is 9.90 Å². The highest BCUT2D eigenvalue weighted by Gasteiger charge is 2.14. The van der Waals surface area contributed by atoms with E-state index in [1.807, 2.05) is 54.8 Å². The zero-order valence-electron chi connectivity index (χ0n) is 12.7. The molecule has 23 heavy (non-hydrogen) atoms. The van der Waals surface area contributed by atoms with E-state index in [0.29, 0.717) is 5.58 Å². The molecule has 4 nitrogen and oxygen atoms in total. The normalized spacial score (nSPS) is 12.3. The van der Waals surface area contributed by atoms with Gasteiger partial charge in [-0.05, 0) is 36.1 Å². The summed E-state index contributed by atoms with van der Waals surface area (Å²) in [6, 6.07) is 16.8. The van der Waals surface area contributed by atoms with Gasteiger partial charge in [0.25, 0.3) is 5.91 Å². The van der Waals surface area contributed by atoms with Crippen LogP contribution in [-0.4, -0.2) is 23.8 Å². The lowest BCUT2D eigenvalue weighted by atomic mass is 10.1. The Morgan fingerprint density at radius 3 is 2.65 bits per heavy atom. The molecule has 3 aromatic rings. The molecule has 3 rings (SSSR count). The van der Waals surface area contributed by atoms with E-state index in [-0.39, 0.29) is 18.2 Å². The van der Waals surface area contributed by atoms with Gasteiger partial charge >= 0.3 is 0 Å². The molecule has 0 saturated carbocycles. The van der Waals surface area contributed by atoms with Gasteiger partial charge in [0.05, 0.1) is 6.10 Å². The molecule has 0 radical (unpaired) electrons. The Balaban J connectivity index is 1.63. The summed E-state index contributed by atoms with van der Waals surface area (Å²) in [5, 5.41) is 13.7. The Kier molecular flexibility index (Phi) is 4.69. The van der Waals surface area contributed by atoms with E-state index in [2.05, 4.69) is 5.32 Å². The first-order valence-electron chi connectivity index (χ1n) is 7.26. The van der Waals surface area contributed by atoms with Crippen molar-refractivity contribution in [2.75, 3.05) is 12.8 Å². The Hall–Kier alpha value is -2.24. The molecule has 1 atom stereocenters. The number of para-hydroxylation sites is 1. The summed E-state index contributed by atoms with van der Waals surface area (Å²) in [6.07, 6.45) is 1.25. The molecular formula is C18H17NO3S. The predicted molar refractivity (Wildman–Crippen MR) is 91.7 cm³/mol. The van der Waals surface area contributed by atoms with Gasteiger partial charge in [-0.2, -0.15) is 0 Å². The maximum absolute atomic E-state index is 12.1. The van der Waals surface area contributed by atoms with Crippen LogP contribution in [0.25, 0.3) is 11.0 Å². The van der Waals surface area contributed by atoms with Crippen molar-refractivity contribution in [1.82, 2.24) is 5.32 Å². The van der Waals surface area contributed by atoms with Crippen LogP contribution in [0.3, 0.4) is 0 Å². The zero-order chi connectivity index (χ0) is 16.2. The van der Waals surface area contributed by atoms with E-state index < -0.39 is 6.10 Å². The molecule has 0 saturated heterocycles. The lowest BCUT2D eigenvalue weighted by Crippen LogP contribution is -2.28. The van der Waals surface area contributed by atoms with Crippen LogP contribution in [0.2, 0.25) is 0 Å². The number of aliphatic hydroxyl groups is 1. The molecule has 2 N–H and O–H groups in total. The van der Waals surface area contributed by atoms with Crippen LogP contribution in [0.5, 0.6) is 0 Å². The van der Waals surface area contributed by atoms with Gasteiger partial charge < -0.3 is 14.8 Å². The summed E-state index contributed by atoms with van der Waals surface area (Å²) < 4.78 is 5.50. The predicted octanol–water partition coefficient (Wildman–Crippen LogP) is 3.62. The van der Waals surface area contributed by atoms with Crippen LogP contribution in [0.1, 0.15) is 22.2 Å². The number of hydrogen-bond acceptors (Lipinski definition) is 4. The van der Waals surface area contributed by atoms with Crippen molar-refractivity contribution in [2.24, 2.45) is 0 Å². The standard InChI is InChI=1S/C18H17NO3S/c1-23-14-8-6-12(7-9-14)15(20)11-19-18(21)17-10-13-4-2-3-5-16(13)22-17/h2-10,15,20H,11H2,1H3,(H,19,21)/t15-/m1/s1. The lowest BCUT2D eigenvalue weighted by molar-refractivity contribution is 0.0891. The maximum atomic E-state index is 12.1. The molecule has 1 amide bonds. The number of carbonyl (C=O) groups is 1. The highest BCUT2D eigenvalue weighted by Crippen LogP contribution is 2.20. The third kappa shape index (κ3) is 3.57. The number of benzene rings is 2. The van der Waals surface area contributed by atoms with E-state index in [0.717, 1.165) is 15.8 Å². The van der Waals surface area contributed by atoms with Crippen LogP contribution in [0.4, 0.5) is 0 Å². The van der Waals surface area contributed by atoms with Crippen LogP contribution in [0.15, 0.2) is 63.9 Å². The zero-order valence-corrected chi connectivity index (χ0v) is 13.5. The minimum Gasteiger partial charge on any atom is -0.451 e. The number of nitrogens with one attached hydrogen (secondary N) is 1. The fourth-order valence-corrected chi connectivity index (χ4v) is 2.72. The van der Waals surface area contributed by atoms with Gasteiger partial charge in [0.1, 0.15) is 5.58 Å². The third-order valence-corrected chi connectivity index (χ3v) is 4.35. The molecule has 0 aliphatic rings. The van der Waals surface area contributed by atoms with Crippen molar-refractivity contribution in [2.45, 2.75) is 11.0 Å². The lowest BCUT2D eigenvalue weighted by Gasteiger charge is -2.12. The molecule has 0 spiro atoms. The fraction of sp³-hybridized carbons (Fsp3) is 0.167. The van der Waals surface area contributed by atoms with E-state index in [1.165, 1.54) is 0 Å². The number of aliphatic hydroxyl groups excluding tert-OH is 1. The van der Waals surface area contributed by atoms with Crippen molar-refractivity contribution in [3.05, 3.63) is 65.9 Å². The summed E-state index contributed by atoms with van der Waals surface area (Å²) in [6.45, 7) is 0.133. The van der Waals surface area contributed by atoms with Crippen LogP contribution in [-0.2, 0) is 0 Å². The SMILES string of the molecule is CSc1ccc([C@H](O)CNC(=O)c2cc3ccccc3o2)cc1. The molecule has 1 aromatic heterocycles. The van der Waals surface area contributed by atoms with Crippen molar-refractivity contribution in [1.29, 1.82) is 0 Å². The number of thioether (sulfide) groups is 1. The molecule has 2 aromatic carbocycles. The summed E-state index contributed by atoms with van der Waals surface area (Å²) in [5.74, 6) is -0.0860. The molecule has 0 bridgehead atoms. The van der Waals surface area contributed by atoms with Gasteiger partial charge in [-0.1, -0.05) is 30.3 Å². The molecule has 5 heteroatoms. The van der Waals surface area contributed by atoms with Crippen molar-refractivity contribution in [3.8, 4) is 0 Å². The van der Waals surface area contributed by atoms with E-state index in [4.69, 9.17) is 4.42 Å². The van der Waals surface area contributed by atoms with Crippen LogP contribution in [0, 0.1) is 0 Å². The highest BCUT2D eigenvalue weighted by atomic mass is 32.2. The minimum absolute atomic E-state index is 0.133. The fourth-order valence-electron chi connectivity index (χ4n) is 2.31. The molecule has 0 unspecified atom stereocenters. The van der Waals surface area contributed by atoms with Crippen molar-refractivity contribution >= 4 is 28.6 Å². The molecule has 0 aliphatic carbocycles. The van der Waals surface area contributed by atoms with Crippen molar-refractivity contribution in [3.63, 3.8) is 0 Å². The summed E-state index contributed by atoms with van der Waals surface area (Å²) in [4.78, 5) is 13.3. The number of hydrogen-bond donors (Lipinski definition) is 2. The Bertz CT molecular complexity index is 778. The summed E-state index contributed by atoms with van der Waals surface area (Å²) in [5.41, 5.74) is 1.44. The number of furan rings is 1. The topological polar surface area (TPSA) is 62.5 Å². The number of amides is 1. The van der Waals surface area contributed by atoms with E-state index >= 15 is 0 Å². The first-order chi connectivity index (χ1) is 11.2. The smallest absolute Gasteiger partial charge is 0.287 e. The molecular weight excluding hydrogens is 310 g/mol. The molecule has 1 heterocycles. The Morgan fingerprint density at radius 1 is 1.22 bits per heavy atom. The molecule has 0 aliphatic heterocycles. The minimum atomic E-state index is -0.751. The second-order valence-corrected chi connectivity index (χ2v) is 6.03. The first-order valence-corrected chi connectivity index (χ1v) is 8.48. The highest BCUT2D eigenvalue weighted by molar-refractivity contribution is 7.98. The molecule has 118 valence electrons. The van der Waals surface area contributed by atoms with Gasteiger partial charge in [-0.25, -0.2) is 0 Å². The molecule has 0 fully saturated rings.